The van der Waals surface area contributed by atoms with Gasteiger partial charge in [0.1, 0.15) is 10.7 Å². The molecule has 1 heterocycles. The lowest BCUT2D eigenvalue weighted by Gasteiger charge is -2.09. The summed E-state index contributed by atoms with van der Waals surface area (Å²) in [6.45, 7) is 3.48. The maximum atomic E-state index is 14.6. The molecule has 1 unspecified atom stereocenters. The third-order valence-electron chi connectivity index (χ3n) is 4.19. The summed E-state index contributed by atoms with van der Waals surface area (Å²) in [6.07, 6.45) is -0.391. The summed E-state index contributed by atoms with van der Waals surface area (Å²) in [5, 5.41) is 9.50. The highest BCUT2D eigenvalue weighted by Gasteiger charge is 2.29. The average Bonchev–Trinajstić information content (AvgIpc) is 2.83. The molecule has 1 aliphatic heterocycles. The summed E-state index contributed by atoms with van der Waals surface area (Å²) < 4.78 is 40.6. The number of rotatable bonds is 4. The highest BCUT2D eigenvalue weighted by atomic mass is 32.2. The quantitative estimate of drug-likeness (QED) is 0.897. The topological polar surface area (TPSA) is 83.8 Å². The Balaban J connectivity index is 2.38. The summed E-state index contributed by atoms with van der Waals surface area (Å²) >= 11 is 0. The smallest absolute Gasteiger partial charge is 0.307 e. The largest absolute Gasteiger partial charge is 0.481 e. The fraction of sp³-hybridized carbons (Fsp3) is 0.222. The standard InChI is InChI=1S/C18H16FNO4S/c1-10-3-5-12(6-4-10)25(23,24)18-14(19)7-8-15-17(18)13(9-16(21)22)11(2)20-15/h3-8,11H,9H2,1-2H3,(H,21,22). The van der Waals surface area contributed by atoms with E-state index in [9.17, 15) is 17.6 Å². The Labute approximate surface area is 144 Å². The van der Waals surface area contributed by atoms with Crippen LogP contribution in [0.1, 0.15) is 18.9 Å². The number of benzene rings is 2. The zero-order chi connectivity index (χ0) is 18.4. The van der Waals surface area contributed by atoms with Crippen LogP contribution in [0.2, 0.25) is 0 Å². The van der Waals surface area contributed by atoms with Gasteiger partial charge in [-0.25, -0.2) is 12.8 Å². The highest BCUT2D eigenvalue weighted by molar-refractivity contribution is 7.91. The molecule has 0 bridgehead atoms. The summed E-state index contributed by atoms with van der Waals surface area (Å²) in [5.74, 6) is -2.03. The van der Waals surface area contributed by atoms with E-state index in [-0.39, 0.29) is 10.1 Å². The van der Waals surface area contributed by atoms with Crippen LogP contribution in [0.5, 0.6) is 0 Å². The van der Waals surface area contributed by atoms with Crippen molar-refractivity contribution >= 4 is 21.4 Å². The molecule has 0 saturated heterocycles. The number of aryl methyl sites for hydroxylation is 1. The lowest BCUT2D eigenvalue weighted by atomic mass is 10.0. The van der Waals surface area contributed by atoms with E-state index in [4.69, 9.17) is 5.11 Å². The van der Waals surface area contributed by atoms with Crippen LogP contribution in [-0.4, -0.2) is 25.5 Å². The van der Waals surface area contributed by atoms with Crippen molar-refractivity contribution in [2.24, 2.45) is 4.99 Å². The molecule has 3 rings (SSSR count). The molecule has 1 aliphatic rings. The Bertz CT molecular complexity index is 1090. The normalized spacial score (nSPS) is 16.4. The number of sulfone groups is 1. The molecule has 0 amide bonds. The maximum absolute atomic E-state index is 14.6. The van der Waals surface area contributed by atoms with Crippen LogP contribution in [0.3, 0.4) is 0 Å². The Morgan fingerprint density at radius 1 is 1.20 bits per heavy atom. The van der Waals surface area contributed by atoms with Gasteiger partial charge in [-0.15, -0.1) is 0 Å². The molecule has 0 saturated carbocycles. The molecular formula is C18H16FNO4S. The monoisotopic (exact) mass is 361 g/mol. The Hall–Kier alpha value is -2.54. The van der Waals surface area contributed by atoms with E-state index in [2.05, 4.69) is 4.99 Å². The molecule has 0 spiro atoms. The van der Waals surface area contributed by atoms with Gasteiger partial charge in [0, 0.05) is 5.22 Å². The van der Waals surface area contributed by atoms with Crippen LogP contribution < -0.4 is 10.6 Å². The number of nitrogens with zero attached hydrogens (tertiary/aromatic N) is 1. The number of fused-ring (bicyclic) bond motifs is 1. The van der Waals surface area contributed by atoms with Crippen LogP contribution in [0, 0.1) is 12.7 Å². The van der Waals surface area contributed by atoms with Crippen LogP contribution in [0.25, 0.3) is 5.57 Å². The van der Waals surface area contributed by atoms with E-state index in [1.807, 2.05) is 6.92 Å². The first-order valence-corrected chi connectivity index (χ1v) is 9.13. The maximum Gasteiger partial charge on any atom is 0.307 e. The van der Waals surface area contributed by atoms with Crippen LogP contribution in [0.15, 0.2) is 51.2 Å². The first-order valence-electron chi connectivity index (χ1n) is 7.65. The zero-order valence-corrected chi connectivity index (χ0v) is 14.5. The van der Waals surface area contributed by atoms with Gasteiger partial charge in [0.05, 0.1) is 22.7 Å². The molecule has 0 radical (unpaired) electrons. The minimum absolute atomic E-state index is 0.0420. The van der Waals surface area contributed by atoms with Crippen molar-refractivity contribution in [3.05, 3.63) is 58.4 Å². The second-order valence-corrected chi connectivity index (χ2v) is 7.87. The number of hydrogen-bond acceptors (Lipinski definition) is 4. The predicted octanol–water partition coefficient (Wildman–Crippen LogP) is 1.61. The average molecular weight is 361 g/mol. The summed E-state index contributed by atoms with van der Waals surface area (Å²) in [6, 6.07) is 8.00. The molecule has 0 aromatic heterocycles. The molecule has 5 nitrogen and oxygen atoms in total. The van der Waals surface area contributed by atoms with Gasteiger partial charge in [0.25, 0.3) is 0 Å². The molecular weight excluding hydrogens is 345 g/mol. The van der Waals surface area contributed by atoms with Crippen LogP contribution >= 0.6 is 0 Å². The van der Waals surface area contributed by atoms with Gasteiger partial charge in [-0.05, 0) is 43.7 Å². The van der Waals surface area contributed by atoms with Crippen molar-refractivity contribution in [3.63, 3.8) is 0 Å². The van der Waals surface area contributed by atoms with Crippen molar-refractivity contribution in [1.29, 1.82) is 0 Å². The van der Waals surface area contributed by atoms with Crippen molar-refractivity contribution in [3.8, 4) is 0 Å². The van der Waals surface area contributed by atoms with E-state index in [0.29, 0.717) is 10.9 Å². The Kier molecular flexibility index (Phi) is 4.20. The van der Waals surface area contributed by atoms with Gasteiger partial charge < -0.3 is 5.11 Å². The van der Waals surface area contributed by atoms with Crippen LogP contribution in [0.4, 0.5) is 4.39 Å². The molecule has 0 aliphatic carbocycles. The SMILES string of the molecule is Cc1ccc(S(=O)(=O)c2c(F)ccc3c2=C(CC(=O)O)C(C)N=3)cc1. The molecule has 1 N–H and O–H groups in total. The van der Waals surface area contributed by atoms with E-state index >= 15 is 0 Å². The van der Waals surface area contributed by atoms with Gasteiger partial charge in [0.2, 0.25) is 9.84 Å². The van der Waals surface area contributed by atoms with E-state index in [1.54, 1.807) is 19.1 Å². The number of halogens is 1. The van der Waals surface area contributed by atoms with E-state index < -0.39 is 39.0 Å². The predicted molar refractivity (Wildman–Crippen MR) is 88.9 cm³/mol. The second kappa shape index (κ2) is 6.07. The number of carboxylic acid groups (broad SMARTS) is 1. The third-order valence-corrected chi connectivity index (χ3v) is 6.02. The van der Waals surface area contributed by atoms with Crippen molar-refractivity contribution in [2.45, 2.75) is 36.1 Å². The molecule has 130 valence electrons. The van der Waals surface area contributed by atoms with Crippen molar-refractivity contribution < 1.29 is 22.7 Å². The second-order valence-electron chi connectivity index (χ2n) is 5.99. The van der Waals surface area contributed by atoms with E-state index in [0.717, 1.165) is 11.6 Å². The minimum Gasteiger partial charge on any atom is -0.481 e. The molecule has 1 atom stereocenters. The zero-order valence-electron chi connectivity index (χ0n) is 13.7. The molecule has 7 heteroatoms. The molecule has 2 aromatic carbocycles. The number of carboxylic acids is 1. The molecule has 0 fully saturated rings. The minimum atomic E-state index is -4.15. The number of carbonyl (C=O) groups is 1. The summed E-state index contributed by atoms with van der Waals surface area (Å²) in [5.41, 5.74) is 1.17. The Morgan fingerprint density at radius 2 is 1.84 bits per heavy atom. The van der Waals surface area contributed by atoms with Gasteiger partial charge in [-0.1, -0.05) is 17.7 Å². The first-order chi connectivity index (χ1) is 11.7. The van der Waals surface area contributed by atoms with Gasteiger partial charge in [0.15, 0.2) is 0 Å². The first kappa shape index (κ1) is 17.3. The third kappa shape index (κ3) is 2.95. The summed E-state index contributed by atoms with van der Waals surface area (Å²) in [7, 11) is -4.15. The fourth-order valence-corrected chi connectivity index (χ4v) is 4.52. The van der Waals surface area contributed by atoms with Gasteiger partial charge in [-0.2, -0.15) is 0 Å². The van der Waals surface area contributed by atoms with Crippen molar-refractivity contribution in [1.82, 2.24) is 0 Å². The molecule has 2 aromatic rings. The molecule has 25 heavy (non-hydrogen) atoms. The summed E-state index contributed by atoms with van der Waals surface area (Å²) in [4.78, 5) is 14.9. The van der Waals surface area contributed by atoms with E-state index in [1.165, 1.54) is 18.2 Å². The van der Waals surface area contributed by atoms with Gasteiger partial charge >= 0.3 is 5.97 Å². The van der Waals surface area contributed by atoms with Crippen LogP contribution in [-0.2, 0) is 14.6 Å². The lowest BCUT2D eigenvalue weighted by molar-refractivity contribution is -0.135. The number of hydrogen-bond donors (Lipinski definition) is 1. The fourth-order valence-electron chi connectivity index (χ4n) is 2.96. The Morgan fingerprint density at radius 3 is 2.44 bits per heavy atom. The van der Waals surface area contributed by atoms with Gasteiger partial charge in [-0.3, -0.25) is 9.79 Å². The highest BCUT2D eigenvalue weighted by Crippen LogP contribution is 2.23. The van der Waals surface area contributed by atoms with Crippen molar-refractivity contribution in [2.75, 3.05) is 0 Å². The lowest BCUT2D eigenvalue weighted by Crippen LogP contribution is -2.32. The number of aliphatic carboxylic acids is 1.